The molecule has 4 nitrogen and oxygen atoms in total. The Morgan fingerprint density at radius 2 is 1.62 bits per heavy atom. The molecule has 1 atom stereocenters. The molecule has 2 aromatic rings. The summed E-state index contributed by atoms with van der Waals surface area (Å²) in [4.78, 5) is 24.4. The summed E-state index contributed by atoms with van der Waals surface area (Å²) in [6.07, 6.45) is 0.866. The second-order valence-electron chi connectivity index (χ2n) is 5.77. The van der Waals surface area contributed by atoms with E-state index in [1.807, 2.05) is 26.8 Å². The summed E-state index contributed by atoms with van der Waals surface area (Å²) in [6, 6.07) is 12.0. The zero-order valence-corrected chi connectivity index (χ0v) is 14.8. The Kier molecular flexibility index (Phi) is 5.99. The zero-order valence-electron chi connectivity index (χ0n) is 14.0. The summed E-state index contributed by atoms with van der Waals surface area (Å²) in [5.41, 5.74) is 2.61. The first-order valence-corrected chi connectivity index (χ1v) is 8.27. The molecule has 0 aliphatic rings. The standard InChI is InChI=1S/C19H21ClN2O2/c1-4-13(3)21-18(23)14-6-8-15(9-7-14)19(24)22-17-11-16(20)10-5-12(17)2/h5-11,13H,4H2,1-3H3,(H,21,23)(H,22,24). The molecule has 0 aromatic heterocycles. The van der Waals surface area contributed by atoms with Crippen molar-refractivity contribution in [3.05, 3.63) is 64.2 Å². The maximum atomic E-state index is 12.3. The van der Waals surface area contributed by atoms with Gasteiger partial charge in [0, 0.05) is 27.9 Å². The van der Waals surface area contributed by atoms with Gasteiger partial charge in [-0.3, -0.25) is 9.59 Å². The summed E-state index contributed by atoms with van der Waals surface area (Å²) >= 11 is 5.96. The van der Waals surface area contributed by atoms with Crippen LogP contribution in [0.4, 0.5) is 5.69 Å². The van der Waals surface area contributed by atoms with Crippen LogP contribution in [0.5, 0.6) is 0 Å². The molecule has 0 saturated carbocycles. The van der Waals surface area contributed by atoms with Gasteiger partial charge in [-0.05, 0) is 62.2 Å². The maximum Gasteiger partial charge on any atom is 0.255 e. The van der Waals surface area contributed by atoms with Crippen LogP contribution in [-0.2, 0) is 0 Å². The predicted molar refractivity (Wildman–Crippen MR) is 97.8 cm³/mol. The normalized spacial score (nSPS) is 11.7. The second kappa shape index (κ2) is 7.97. The molecule has 2 rings (SSSR count). The third kappa shape index (κ3) is 4.59. The van der Waals surface area contributed by atoms with Crippen molar-refractivity contribution in [1.29, 1.82) is 0 Å². The molecule has 2 N–H and O–H groups in total. The summed E-state index contributed by atoms with van der Waals surface area (Å²) in [6.45, 7) is 5.86. The fourth-order valence-corrected chi connectivity index (χ4v) is 2.28. The molecule has 5 heteroatoms. The molecule has 0 radical (unpaired) electrons. The monoisotopic (exact) mass is 344 g/mol. The van der Waals surface area contributed by atoms with Crippen LogP contribution in [0.2, 0.25) is 5.02 Å². The van der Waals surface area contributed by atoms with Crippen LogP contribution in [-0.4, -0.2) is 17.9 Å². The molecule has 24 heavy (non-hydrogen) atoms. The lowest BCUT2D eigenvalue weighted by molar-refractivity contribution is 0.0937. The van der Waals surface area contributed by atoms with Crippen LogP contribution in [0.3, 0.4) is 0 Å². The van der Waals surface area contributed by atoms with E-state index in [4.69, 9.17) is 11.6 Å². The van der Waals surface area contributed by atoms with Crippen molar-refractivity contribution in [3.8, 4) is 0 Å². The Bertz CT molecular complexity index is 742. The Labute approximate surface area is 147 Å². The Balaban J connectivity index is 2.08. The number of benzene rings is 2. The molecule has 0 saturated heterocycles. The molecule has 0 spiro atoms. The van der Waals surface area contributed by atoms with E-state index in [9.17, 15) is 9.59 Å². The highest BCUT2D eigenvalue weighted by Crippen LogP contribution is 2.21. The van der Waals surface area contributed by atoms with Crippen molar-refractivity contribution < 1.29 is 9.59 Å². The van der Waals surface area contributed by atoms with E-state index in [0.717, 1.165) is 12.0 Å². The minimum Gasteiger partial charge on any atom is -0.350 e. The molecule has 2 amide bonds. The summed E-state index contributed by atoms with van der Waals surface area (Å²) in [7, 11) is 0. The molecule has 0 aliphatic carbocycles. The number of carbonyl (C=O) groups excluding carboxylic acids is 2. The fraction of sp³-hybridized carbons (Fsp3) is 0.263. The number of anilines is 1. The first kappa shape index (κ1) is 18.0. The Morgan fingerprint density at radius 3 is 2.21 bits per heavy atom. The van der Waals surface area contributed by atoms with Crippen molar-refractivity contribution in [1.82, 2.24) is 5.32 Å². The number of hydrogen-bond donors (Lipinski definition) is 2. The quantitative estimate of drug-likeness (QED) is 0.843. The number of rotatable bonds is 5. The molecule has 0 aliphatic heterocycles. The maximum absolute atomic E-state index is 12.3. The lowest BCUT2D eigenvalue weighted by atomic mass is 10.1. The lowest BCUT2D eigenvalue weighted by Gasteiger charge is -2.12. The lowest BCUT2D eigenvalue weighted by Crippen LogP contribution is -2.31. The van der Waals surface area contributed by atoms with Crippen molar-refractivity contribution in [2.75, 3.05) is 5.32 Å². The van der Waals surface area contributed by atoms with Gasteiger partial charge >= 0.3 is 0 Å². The average molecular weight is 345 g/mol. The number of aryl methyl sites for hydroxylation is 1. The van der Waals surface area contributed by atoms with Gasteiger partial charge in [0.05, 0.1) is 0 Å². The topological polar surface area (TPSA) is 58.2 Å². The molecule has 1 unspecified atom stereocenters. The van der Waals surface area contributed by atoms with Gasteiger partial charge in [-0.2, -0.15) is 0 Å². The van der Waals surface area contributed by atoms with E-state index in [1.165, 1.54) is 0 Å². The molecular formula is C19H21ClN2O2. The van der Waals surface area contributed by atoms with Crippen molar-refractivity contribution >= 4 is 29.1 Å². The highest BCUT2D eigenvalue weighted by Gasteiger charge is 2.11. The van der Waals surface area contributed by atoms with E-state index in [2.05, 4.69) is 10.6 Å². The van der Waals surface area contributed by atoms with Crippen LogP contribution < -0.4 is 10.6 Å². The molecule has 126 valence electrons. The molecule has 0 heterocycles. The summed E-state index contributed by atoms with van der Waals surface area (Å²) in [5, 5.41) is 6.29. The van der Waals surface area contributed by atoms with E-state index in [0.29, 0.717) is 21.8 Å². The SMILES string of the molecule is CCC(C)NC(=O)c1ccc(C(=O)Nc2cc(Cl)ccc2C)cc1. The number of halogens is 1. The van der Waals surface area contributed by atoms with Crippen LogP contribution >= 0.6 is 11.6 Å². The van der Waals surface area contributed by atoms with Crippen molar-refractivity contribution in [3.63, 3.8) is 0 Å². The summed E-state index contributed by atoms with van der Waals surface area (Å²) in [5.74, 6) is -0.378. The van der Waals surface area contributed by atoms with Crippen LogP contribution in [0.1, 0.15) is 46.5 Å². The predicted octanol–water partition coefficient (Wildman–Crippen LogP) is 4.43. The van der Waals surface area contributed by atoms with E-state index >= 15 is 0 Å². The smallest absolute Gasteiger partial charge is 0.255 e. The van der Waals surface area contributed by atoms with Gasteiger partial charge in [0.2, 0.25) is 0 Å². The van der Waals surface area contributed by atoms with Gasteiger partial charge in [0.15, 0.2) is 0 Å². The molecule has 0 fully saturated rings. The van der Waals surface area contributed by atoms with Gasteiger partial charge in [0.25, 0.3) is 11.8 Å². The fourth-order valence-electron chi connectivity index (χ4n) is 2.11. The summed E-state index contributed by atoms with van der Waals surface area (Å²) < 4.78 is 0. The first-order chi connectivity index (χ1) is 11.4. The van der Waals surface area contributed by atoms with Gasteiger partial charge in [0.1, 0.15) is 0 Å². The number of carbonyl (C=O) groups is 2. The van der Waals surface area contributed by atoms with E-state index in [-0.39, 0.29) is 17.9 Å². The van der Waals surface area contributed by atoms with E-state index < -0.39 is 0 Å². The van der Waals surface area contributed by atoms with Gasteiger partial charge in [-0.1, -0.05) is 24.6 Å². The Hall–Kier alpha value is -2.33. The highest BCUT2D eigenvalue weighted by molar-refractivity contribution is 6.31. The zero-order chi connectivity index (χ0) is 17.7. The first-order valence-electron chi connectivity index (χ1n) is 7.89. The van der Waals surface area contributed by atoms with Crippen LogP contribution in [0.15, 0.2) is 42.5 Å². The third-order valence-electron chi connectivity index (χ3n) is 3.85. The highest BCUT2D eigenvalue weighted by atomic mass is 35.5. The number of hydrogen-bond acceptors (Lipinski definition) is 2. The second-order valence-corrected chi connectivity index (χ2v) is 6.21. The van der Waals surface area contributed by atoms with E-state index in [1.54, 1.807) is 36.4 Å². The van der Waals surface area contributed by atoms with Gasteiger partial charge < -0.3 is 10.6 Å². The van der Waals surface area contributed by atoms with Crippen LogP contribution in [0, 0.1) is 6.92 Å². The van der Waals surface area contributed by atoms with Gasteiger partial charge in [-0.15, -0.1) is 0 Å². The number of amides is 2. The van der Waals surface area contributed by atoms with Crippen molar-refractivity contribution in [2.24, 2.45) is 0 Å². The molecule has 2 aromatic carbocycles. The largest absolute Gasteiger partial charge is 0.350 e. The van der Waals surface area contributed by atoms with Gasteiger partial charge in [-0.25, -0.2) is 0 Å². The molecule has 0 bridgehead atoms. The Morgan fingerprint density at radius 1 is 1.04 bits per heavy atom. The minimum atomic E-state index is -0.241. The van der Waals surface area contributed by atoms with Crippen molar-refractivity contribution in [2.45, 2.75) is 33.2 Å². The number of nitrogens with one attached hydrogen (secondary N) is 2. The third-order valence-corrected chi connectivity index (χ3v) is 4.08. The minimum absolute atomic E-state index is 0.117. The van der Waals surface area contributed by atoms with Crippen LogP contribution in [0.25, 0.3) is 0 Å². The average Bonchev–Trinajstić information content (AvgIpc) is 2.58. The molecular weight excluding hydrogens is 324 g/mol.